The molecule has 1 aliphatic carbocycles. The monoisotopic (exact) mass is 267 g/mol. The third-order valence-electron chi connectivity index (χ3n) is 4.05. The number of rotatable bonds is 3. The van der Waals surface area contributed by atoms with E-state index in [2.05, 4.69) is 28.5 Å². The molecule has 20 heavy (non-hydrogen) atoms. The van der Waals surface area contributed by atoms with Gasteiger partial charge in [-0.25, -0.2) is 0 Å². The Morgan fingerprint density at radius 3 is 2.75 bits per heavy atom. The van der Waals surface area contributed by atoms with Gasteiger partial charge in [0, 0.05) is 24.5 Å². The molecule has 1 aromatic heterocycles. The van der Waals surface area contributed by atoms with E-state index >= 15 is 0 Å². The maximum Gasteiger partial charge on any atom is 0.0541 e. The predicted octanol–water partition coefficient (Wildman–Crippen LogP) is 2.70. The number of nitrogen functional groups attached to an aromatic ring is 1. The molecule has 3 heteroatoms. The quantitative estimate of drug-likeness (QED) is 0.664. The van der Waals surface area contributed by atoms with Crippen LogP contribution in [0.2, 0.25) is 0 Å². The standard InChI is InChI=1S/C17H21N3/c18-15-7-4-13-5-8-16(9-6-14(13)11-15)20-12-17-3-1-2-10-19-17/h1-4,7,10-11,16,20H,5-6,8-9,12,18H2. The van der Waals surface area contributed by atoms with Crippen LogP contribution in [0.15, 0.2) is 42.6 Å². The fourth-order valence-electron chi connectivity index (χ4n) is 2.88. The molecular formula is C17H21N3. The highest BCUT2D eigenvalue weighted by atomic mass is 14.9. The molecule has 0 spiro atoms. The second-order valence-corrected chi connectivity index (χ2v) is 5.50. The predicted molar refractivity (Wildman–Crippen MR) is 82.4 cm³/mol. The summed E-state index contributed by atoms with van der Waals surface area (Å²) < 4.78 is 0. The highest BCUT2D eigenvalue weighted by Gasteiger charge is 2.15. The minimum Gasteiger partial charge on any atom is -0.399 e. The molecule has 0 saturated heterocycles. The molecular weight excluding hydrogens is 246 g/mol. The zero-order valence-corrected chi connectivity index (χ0v) is 11.7. The summed E-state index contributed by atoms with van der Waals surface area (Å²) in [6.07, 6.45) is 6.45. The molecule has 3 nitrogen and oxygen atoms in total. The molecule has 0 fully saturated rings. The molecule has 1 aromatic carbocycles. The second kappa shape index (κ2) is 6.06. The molecule has 0 bridgehead atoms. The summed E-state index contributed by atoms with van der Waals surface area (Å²) >= 11 is 0. The molecule has 1 atom stereocenters. The van der Waals surface area contributed by atoms with E-state index in [1.54, 1.807) is 0 Å². The molecule has 1 unspecified atom stereocenters. The summed E-state index contributed by atoms with van der Waals surface area (Å²) in [6.45, 7) is 0.851. The molecule has 0 amide bonds. The van der Waals surface area contributed by atoms with Crippen LogP contribution in [0.25, 0.3) is 0 Å². The van der Waals surface area contributed by atoms with E-state index in [4.69, 9.17) is 5.73 Å². The molecule has 1 aliphatic rings. The number of anilines is 1. The number of nitrogens with two attached hydrogens (primary N) is 1. The Bertz CT molecular complexity index is 566. The molecule has 0 aliphatic heterocycles. The summed E-state index contributed by atoms with van der Waals surface area (Å²) in [7, 11) is 0. The second-order valence-electron chi connectivity index (χ2n) is 5.50. The van der Waals surface area contributed by atoms with Gasteiger partial charge in [-0.15, -0.1) is 0 Å². The van der Waals surface area contributed by atoms with Crippen LogP contribution in [0.1, 0.15) is 29.7 Å². The SMILES string of the molecule is Nc1ccc2c(c1)CCC(NCc1ccccn1)CC2. The van der Waals surface area contributed by atoms with Crippen molar-refractivity contribution in [2.24, 2.45) is 0 Å². The zero-order valence-electron chi connectivity index (χ0n) is 11.7. The van der Waals surface area contributed by atoms with Gasteiger partial charge in [-0.2, -0.15) is 0 Å². The van der Waals surface area contributed by atoms with E-state index in [9.17, 15) is 0 Å². The maximum absolute atomic E-state index is 5.88. The Morgan fingerprint density at radius 2 is 1.95 bits per heavy atom. The van der Waals surface area contributed by atoms with Gasteiger partial charge in [0.05, 0.1) is 5.69 Å². The normalized spacial score (nSPS) is 18.3. The van der Waals surface area contributed by atoms with Crippen molar-refractivity contribution in [3.05, 3.63) is 59.4 Å². The maximum atomic E-state index is 5.88. The van der Waals surface area contributed by atoms with E-state index in [1.807, 2.05) is 24.4 Å². The Hall–Kier alpha value is -1.87. The van der Waals surface area contributed by atoms with Gasteiger partial charge in [0.1, 0.15) is 0 Å². The third-order valence-corrected chi connectivity index (χ3v) is 4.05. The molecule has 3 rings (SSSR count). The Kier molecular flexibility index (Phi) is 3.97. The summed E-state index contributed by atoms with van der Waals surface area (Å²) in [5, 5.41) is 3.63. The lowest BCUT2D eigenvalue weighted by Gasteiger charge is -2.15. The van der Waals surface area contributed by atoms with Crippen LogP contribution in [0, 0.1) is 0 Å². The highest BCUT2D eigenvalue weighted by molar-refractivity contribution is 5.45. The number of fused-ring (bicyclic) bond motifs is 1. The first-order chi connectivity index (χ1) is 9.81. The third kappa shape index (κ3) is 3.17. The van der Waals surface area contributed by atoms with Crippen molar-refractivity contribution in [3.8, 4) is 0 Å². The van der Waals surface area contributed by atoms with Gasteiger partial charge in [0.15, 0.2) is 0 Å². The van der Waals surface area contributed by atoms with Crippen molar-refractivity contribution in [2.45, 2.75) is 38.3 Å². The average molecular weight is 267 g/mol. The van der Waals surface area contributed by atoms with Gasteiger partial charge < -0.3 is 11.1 Å². The lowest BCUT2D eigenvalue weighted by molar-refractivity contribution is 0.459. The van der Waals surface area contributed by atoms with Gasteiger partial charge >= 0.3 is 0 Å². The van der Waals surface area contributed by atoms with Crippen LogP contribution < -0.4 is 11.1 Å². The number of nitrogens with zero attached hydrogens (tertiary/aromatic N) is 1. The van der Waals surface area contributed by atoms with Gasteiger partial charge in [0.2, 0.25) is 0 Å². The number of hydrogen-bond donors (Lipinski definition) is 2. The fourth-order valence-corrected chi connectivity index (χ4v) is 2.88. The fraction of sp³-hybridized carbons (Fsp3) is 0.353. The first-order valence-corrected chi connectivity index (χ1v) is 7.32. The highest BCUT2D eigenvalue weighted by Crippen LogP contribution is 2.23. The van der Waals surface area contributed by atoms with Gasteiger partial charge in [-0.1, -0.05) is 12.1 Å². The number of aromatic nitrogens is 1. The van der Waals surface area contributed by atoms with Crippen molar-refractivity contribution >= 4 is 5.69 Å². The van der Waals surface area contributed by atoms with Gasteiger partial charge in [-0.05, 0) is 61.1 Å². The van der Waals surface area contributed by atoms with E-state index in [0.717, 1.165) is 30.8 Å². The Morgan fingerprint density at radius 1 is 1.10 bits per heavy atom. The summed E-state index contributed by atoms with van der Waals surface area (Å²) in [6, 6.07) is 13.0. The van der Waals surface area contributed by atoms with Crippen LogP contribution in [0.5, 0.6) is 0 Å². The zero-order chi connectivity index (χ0) is 13.8. The molecule has 104 valence electrons. The van der Waals surface area contributed by atoms with Crippen molar-refractivity contribution < 1.29 is 0 Å². The Balaban J connectivity index is 1.59. The van der Waals surface area contributed by atoms with Gasteiger partial charge in [0.25, 0.3) is 0 Å². The van der Waals surface area contributed by atoms with E-state index in [-0.39, 0.29) is 0 Å². The molecule has 3 N–H and O–H groups in total. The first-order valence-electron chi connectivity index (χ1n) is 7.32. The summed E-state index contributed by atoms with van der Waals surface area (Å²) in [5.41, 5.74) is 10.7. The number of pyridine rings is 1. The van der Waals surface area contributed by atoms with E-state index < -0.39 is 0 Å². The van der Waals surface area contributed by atoms with Gasteiger partial charge in [-0.3, -0.25) is 4.98 Å². The summed E-state index contributed by atoms with van der Waals surface area (Å²) in [5.74, 6) is 0. The van der Waals surface area contributed by atoms with Crippen LogP contribution in [0.4, 0.5) is 5.69 Å². The van der Waals surface area contributed by atoms with E-state index in [0.29, 0.717) is 6.04 Å². The number of hydrogen-bond acceptors (Lipinski definition) is 3. The summed E-state index contributed by atoms with van der Waals surface area (Å²) in [4.78, 5) is 4.36. The van der Waals surface area contributed by atoms with Crippen LogP contribution in [0.3, 0.4) is 0 Å². The lowest BCUT2D eigenvalue weighted by atomic mass is 10.0. The number of nitrogens with one attached hydrogen (secondary N) is 1. The van der Waals surface area contributed by atoms with E-state index in [1.165, 1.54) is 24.0 Å². The molecule has 0 radical (unpaired) electrons. The van der Waals surface area contributed by atoms with Crippen molar-refractivity contribution in [1.29, 1.82) is 0 Å². The largest absolute Gasteiger partial charge is 0.399 e. The van der Waals surface area contributed by atoms with Crippen molar-refractivity contribution in [3.63, 3.8) is 0 Å². The smallest absolute Gasteiger partial charge is 0.0541 e. The minimum absolute atomic E-state index is 0.561. The number of aryl methyl sites for hydroxylation is 2. The first kappa shape index (κ1) is 13.1. The topological polar surface area (TPSA) is 50.9 Å². The molecule has 0 saturated carbocycles. The average Bonchev–Trinajstić information content (AvgIpc) is 2.68. The van der Waals surface area contributed by atoms with Crippen LogP contribution in [-0.4, -0.2) is 11.0 Å². The van der Waals surface area contributed by atoms with Crippen molar-refractivity contribution in [2.75, 3.05) is 5.73 Å². The molecule has 1 heterocycles. The Labute approximate surface area is 120 Å². The van der Waals surface area contributed by atoms with Crippen LogP contribution in [-0.2, 0) is 19.4 Å². The molecule has 2 aromatic rings. The van der Waals surface area contributed by atoms with Crippen LogP contribution >= 0.6 is 0 Å². The number of benzene rings is 1. The lowest BCUT2D eigenvalue weighted by Crippen LogP contribution is -2.29. The van der Waals surface area contributed by atoms with Crippen molar-refractivity contribution in [1.82, 2.24) is 10.3 Å². The minimum atomic E-state index is 0.561.